The molecule has 0 fully saturated rings. The Labute approximate surface area is 366 Å². The van der Waals surface area contributed by atoms with Crippen molar-refractivity contribution >= 4 is 18.3 Å². The zero-order valence-electron chi connectivity index (χ0n) is 38.3. The summed E-state index contributed by atoms with van der Waals surface area (Å²) in [6.45, 7) is 28.4. The second kappa shape index (κ2) is 19.0. The monoisotopic (exact) mass is 806 g/mol. The molecule has 0 atom stereocenters. The lowest BCUT2D eigenvalue weighted by atomic mass is 9.74. The van der Waals surface area contributed by atoms with Crippen molar-refractivity contribution in [3.05, 3.63) is 169 Å². The van der Waals surface area contributed by atoms with E-state index in [2.05, 4.69) is 196 Å². The minimum atomic E-state index is -0.551. The number of pyridine rings is 1. The Morgan fingerprint density at radius 3 is 1.66 bits per heavy atom. The molecule has 1 heterocycles. The molecule has 5 heteroatoms. The molecule has 0 aliphatic rings. The fourth-order valence-corrected chi connectivity index (χ4v) is 7.12. The summed E-state index contributed by atoms with van der Waals surface area (Å²) in [5, 5.41) is 0. The number of rotatable bonds is 14. The van der Waals surface area contributed by atoms with E-state index in [0.29, 0.717) is 6.61 Å². The predicted molar refractivity (Wildman–Crippen MR) is 263 cm³/mol. The maximum atomic E-state index is 6.75. The van der Waals surface area contributed by atoms with Crippen LogP contribution in [0.3, 0.4) is 0 Å². The van der Waals surface area contributed by atoms with Crippen LogP contribution in [-0.2, 0) is 14.7 Å². The van der Waals surface area contributed by atoms with Crippen molar-refractivity contribution in [3.63, 3.8) is 0 Å². The summed E-state index contributed by atoms with van der Waals surface area (Å²) in [6.07, 6.45) is 6.62. The van der Waals surface area contributed by atoms with Gasteiger partial charge in [-0.1, -0.05) is 164 Å². The highest BCUT2D eigenvalue weighted by Crippen LogP contribution is 2.38. The first kappa shape index (κ1) is 44.9. The molecule has 312 valence electrons. The van der Waals surface area contributed by atoms with Crippen LogP contribution in [0.25, 0.3) is 55.8 Å². The van der Waals surface area contributed by atoms with Gasteiger partial charge in [0.2, 0.25) is 0 Å². The lowest BCUT2D eigenvalue weighted by Crippen LogP contribution is -2.43. The van der Waals surface area contributed by atoms with Gasteiger partial charge in [0.15, 0.2) is 0 Å². The smallest absolute Gasteiger partial charge is 0.408 e. The molecular weight excluding hydrogens is 743 g/mol. The molecule has 0 unspecified atom stereocenters. The number of aromatic nitrogens is 1. The average molecular weight is 807 g/mol. The van der Waals surface area contributed by atoms with Crippen molar-refractivity contribution in [1.82, 2.24) is 4.98 Å². The molecular formula is C56H63BN2O2. The van der Waals surface area contributed by atoms with E-state index in [1.165, 1.54) is 5.56 Å². The van der Waals surface area contributed by atoms with E-state index in [9.17, 15) is 0 Å². The zero-order valence-corrected chi connectivity index (χ0v) is 38.3. The molecule has 0 aliphatic carbocycles. The van der Waals surface area contributed by atoms with Gasteiger partial charge in [0, 0.05) is 35.9 Å². The molecule has 4 nitrogen and oxygen atoms in total. The fourth-order valence-electron chi connectivity index (χ4n) is 7.12. The Bertz CT molecular complexity index is 2520. The van der Waals surface area contributed by atoms with E-state index >= 15 is 0 Å². The first-order chi connectivity index (χ1) is 29.0. The van der Waals surface area contributed by atoms with Gasteiger partial charge in [0.25, 0.3) is 0 Å². The Hall–Kier alpha value is -5.62. The minimum Gasteiger partial charge on any atom is -0.408 e. The third-order valence-electron chi connectivity index (χ3n) is 11.5. The molecule has 0 amide bonds. The molecule has 0 saturated carbocycles. The quantitative estimate of drug-likeness (QED) is 0.0626. The molecule has 0 spiro atoms. The molecule has 5 aromatic carbocycles. The van der Waals surface area contributed by atoms with Gasteiger partial charge < -0.3 is 9.31 Å². The lowest BCUT2D eigenvalue weighted by Gasteiger charge is -2.28. The van der Waals surface area contributed by atoms with E-state index in [0.717, 1.165) is 84.5 Å². The van der Waals surface area contributed by atoms with Crippen LogP contribution in [0.4, 0.5) is 0 Å². The summed E-state index contributed by atoms with van der Waals surface area (Å²) < 4.78 is 13.2. The SMILES string of the molecule is C=C(/C=C\N=C(/C)c1ccc(-c2ccccc2-c2cc(B(OCC)OC(C)(C)CC)cc(-c3ccccc3-c3ccc(-c4cc(C(C)(C)C)ccn4)cc3)c2)cc1)C(C)(C)C. The van der Waals surface area contributed by atoms with Crippen LogP contribution >= 0.6 is 0 Å². The van der Waals surface area contributed by atoms with Crippen LogP contribution < -0.4 is 5.46 Å². The molecule has 6 rings (SSSR count). The van der Waals surface area contributed by atoms with Gasteiger partial charge in [-0.05, 0) is 136 Å². The molecule has 0 radical (unpaired) electrons. The summed E-state index contributed by atoms with van der Waals surface area (Å²) in [4.78, 5) is 9.46. The van der Waals surface area contributed by atoms with E-state index in [4.69, 9.17) is 19.3 Å². The van der Waals surface area contributed by atoms with E-state index in [1.807, 2.05) is 32.3 Å². The number of hydrogen-bond acceptors (Lipinski definition) is 4. The van der Waals surface area contributed by atoms with Crippen molar-refractivity contribution in [1.29, 1.82) is 0 Å². The van der Waals surface area contributed by atoms with Gasteiger partial charge in [-0.2, -0.15) is 0 Å². The van der Waals surface area contributed by atoms with Crippen molar-refractivity contribution < 1.29 is 9.31 Å². The Kier molecular flexibility index (Phi) is 14.0. The third-order valence-corrected chi connectivity index (χ3v) is 11.5. The first-order valence-corrected chi connectivity index (χ1v) is 21.7. The van der Waals surface area contributed by atoms with Gasteiger partial charge in [-0.15, -0.1) is 0 Å². The van der Waals surface area contributed by atoms with Crippen LogP contribution in [0.2, 0.25) is 0 Å². The van der Waals surface area contributed by atoms with Crippen molar-refractivity contribution in [2.75, 3.05) is 6.61 Å². The standard InChI is InChI=1S/C56H63BN2O2/c1-13-56(11,12)61-57(60-14-2)48-36-45(51-21-17-15-19-49(51)42-25-23-41(24-26-42)40(4)58-33-31-39(3)54(5,6)7)35-46(37-48)52-22-18-16-20-50(52)43-27-29-44(30-28-43)53-38-47(32-34-59-53)55(8,9)10/h15-38H,3,13-14H2,1-2,4-12H3/b33-31-,58-40+. The number of hydrogen-bond donors (Lipinski definition) is 0. The van der Waals surface area contributed by atoms with Gasteiger partial charge in [-0.25, -0.2) is 0 Å². The molecule has 0 saturated heterocycles. The Balaban J connectivity index is 1.43. The summed E-state index contributed by atoms with van der Waals surface area (Å²) in [7, 11) is -0.551. The highest BCUT2D eigenvalue weighted by Gasteiger charge is 2.30. The minimum absolute atomic E-state index is 0.00606. The summed E-state index contributed by atoms with van der Waals surface area (Å²) >= 11 is 0. The van der Waals surface area contributed by atoms with Gasteiger partial charge in [-0.3, -0.25) is 9.98 Å². The van der Waals surface area contributed by atoms with Crippen molar-refractivity contribution in [2.24, 2.45) is 10.4 Å². The molecule has 6 aromatic rings. The van der Waals surface area contributed by atoms with Crippen molar-refractivity contribution in [2.45, 2.75) is 93.6 Å². The molecule has 0 N–H and O–H groups in total. The zero-order chi connectivity index (χ0) is 44.0. The number of benzene rings is 5. The topological polar surface area (TPSA) is 43.7 Å². The second-order valence-corrected chi connectivity index (χ2v) is 18.6. The highest BCUT2D eigenvalue weighted by atomic mass is 16.6. The van der Waals surface area contributed by atoms with Crippen molar-refractivity contribution in [3.8, 4) is 55.8 Å². The average Bonchev–Trinajstić information content (AvgIpc) is 3.25. The third kappa shape index (κ3) is 11.2. The highest BCUT2D eigenvalue weighted by molar-refractivity contribution is 6.61. The normalized spacial score (nSPS) is 12.5. The van der Waals surface area contributed by atoms with Gasteiger partial charge >= 0.3 is 7.12 Å². The number of nitrogens with zero attached hydrogens (tertiary/aromatic N) is 2. The summed E-state index contributed by atoms with van der Waals surface area (Å²) in [5.41, 5.74) is 16.1. The van der Waals surface area contributed by atoms with Crippen LogP contribution in [0, 0.1) is 5.41 Å². The molecule has 61 heavy (non-hydrogen) atoms. The second-order valence-electron chi connectivity index (χ2n) is 18.6. The maximum absolute atomic E-state index is 6.75. The van der Waals surface area contributed by atoms with Gasteiger partial charge in [0.05, 0.1) is 5.69 Å². The van der Waals surface area contributed by atoms with Crippen LogP contribution in [-0.4, -0.2) is 30.0 Å². The predicted octanol–water partition coefficient (Wildman–Crippen LogP) is 14.6. The maximum Gasteiger partial charge on any atom is 0.494 e. The van der Waals surface area contributed by atoms with E-state index in [1.54, 1.807) is 0 Å². The summed E-state index contributed by atoms with van der Waals surface area (Å²) in [5.74, 6) is 0. The fraction of sp³-hybridized carbons (Fsp3) is 0.286. The Morgan fingerprint density at radius 2 is 1.16 bits per heavy atom. The van der Waals surface area contributed by atoms with E-state index in [-0.39, 0.29) is 16.4 Å². The first-order valence-electron chi connectivity index (χ1n) is 21.7. The van der Waals surface area contributed by atoms with Crippen LogP contribution in [0.15, 0.2) is 163 Å². The molecule has 1 aromatic heterocycles. The Morgan fingerprint density at radius 1 is 0.656 bits per heavy atom. The summed E-state index contributed by atoms with van der Waals surface area (Å²) in [6, 6.07) is 45.9. The molecule has 0 aliphatic heterocycles. The molecule has 0 bridgehead atoms. The number of allylic oxidation sites excluding steroid dienone is 2. The van der Waals surface area contributed by atoms with E-state index < -0.39 is 7.12 Å². The number of aliphatic imine (C=N–C) groups is 1. The van der Waals surface area contributed by atoms with Crippen LogP contribution in [0.5, 0.6) is 0 Å². The van der Waals surface area contributed by atoms with Gasteiger partial charge in [0.1, 0.15) is 0 Å². The largest absolute Gasteiger partial charge is 0.494 e. The van der Waals surface area contributed by atoms with Crippen LogP contribution in [0.1, 0.15) is 93.7 Å². The lowest BCUT2D eigenvalue weighted by molar-refractivity contribution is 0.0706.